The third-order valence-corrected chi connectivity index (χ3v) is 4.01. The van der Waals surface area contributed by atoms with Crippen molar-refractivity contribution in [1.82, 2.24) is 10.3 Å². The zero-order valence-corrected chi connectivity index (χ0v) is 15.2. The van der Waals surface area contributed by atoms with Gasteiger partial charge in [-0.05, 0) is 48.0 Å². The van der Waals surface area contributed by atoms with Gasteiger partial charge in [0.2, 0.25) is 5.95 Å². The van der Waals surface area contributed by atoms with Gasteiger partial charge in [-0.2, -0.15) is 4.39 Å². The quantitative estimate of drug-likeness (QED) is 0.609. The van der Waals surface area contributed by atoms with Crippen molar-refractivity contribution in [2.24, 2.45) is 0 Å². The van der Waals surface area contributed by atoms with Crippen molar-refractivity contribution in [2.45, 2.75) is 6.54 Å². The molecular weight excluding hydrogens is 401 g/mol. The van der Waals surface area contributed by atoms with E-state index < -0.39 is 11.9 Å². The van der Waals surface area contributed by atoms with Crippen LogP contribution < -0.4 is 15.8 Å². The van der Waals surface area contributed by atoms with Crippen LogP contribution in [0.4, 0.5) is 10.2 Å². The maximum absolute atomic E-state index is 13.0. The second-order valence-corrected chi connectivity index (χ2v) is 6.37. The second kappa shape index (κ2) is 7.97. The molecule has 1 heterocycles. The topological polar surface area (TPSA) is 77.2 Å². The third-order valence-electron chi connectivity index (χ3n) is 3.52. The number of nitrogens with one attached hydrogen (secondary N) is 1. The molecular formula is C19H15BrFN3O2. The first kappa shape index (κ1) is 17.9. The Morgan fingerprint density at radius 3 is 2.58 bits per heavy atom. The van der Waals surface area contributed by atoms with Crippen LogP contribution in [0.3, 0.4) is 0 Å². The number of amides is 1. The molecule has 1 aromatic heterocycles. The summed E-state index contributed by atoms with van der Waals surface area (Å²) in [4.78, 5) is 15.6. The molecule has 0 atom stereocenters. The van der Waals surface area contributed by atoms with Crippen LogP contribution in [0.15, 0.2) is 65.1 Å². The van der Waals surface area contributed by atoms with Crippen molar-refractivity contribution in [2.75, 3.05) is 5.73 Å². The Labute approximate surface area is 158 Å². The number of hydrogen-bond donors (Lipinski definition) is 2. The molecule has 0 aliphatic carbocycles. The normalized spacial score (nSPS) is 10.4. The highest BCUT2D eigenvalue weighted by Crippen LogP contribution is 2.25. The number of pyridine rings is 1. The maximum Gasteiger partial charge on any atom is 0.255 e. The molecule has 0 aliphatic rings. The van der Waals surface area contributed by atoms with Gasteiger partial charge in [0.25, 0.3) is 5.91 Å². The number of anilines is 1. The minimum Gasteiger partial charge on any atom is -0.457 e. The summed E-state index contributed by atoms with van der Waals surface area (Å²) >= 11 is 3.40. The van der Waals surface area contributed by atoms with Crippen LogP contribution in [-0.2, 0) is 6.54 Å². The van der Waals surface area contributed by atoms with Gasteiger partial charge in [-0.1, -0.05) is 34.1 Å². The lowest BCUT2D eigenvalue weighted by atomic mass is 10.2. The minimum absolute atomic E-state index is 0.132. The van der Waals surface area contributed by atoms with Crippen molar-refractivity contribution < 1.29 is 13.9 Å². The lowest BCUT2D eigenvalue weighted by Crippen LogP contribution is -2.24. The number of nitrogens with two attached hydrogens (primary N) is 1. The number of rotatable bonds is 5. The monoisotopic (exact) mass is 415 g/mol. The molecule has 26 heavy (non-hydrogen) atoms. The molecule has 5 nitrogen and oxygen atoms in total. The average Bonchev–Trinajstić information content (AvgIpc) is 2.60. The number of hydrogen-bond acceptors (Lipinski definition) is 4. The number of halogens is 2. The van der Waals surface area contributed by atoms with Gasteiger partial charge in [0.1, 0.15) is 17.3 Å². The van der Waals surface area contributed by atoms with Gasteiger partial charge in [0.15, 0.2) is 0 Å². The Kier molecular flexibility index (Phi) is 5.48. The van der Waals surface area contributed by atoms with Crippen molar-refractivity contribution in [3.8, 4) is 11.5 Å². The summed E-state index contributed by atoms with van der Waals surface area (Å²) in [5.74, 6) is 0.0579. The Hall–Kier alpha value is -2.93. The molecule has 3 rings (SSSR count). The summed E-state index contributed by atoms with van der Waals surface area (Å²) in [5, 5.41) is 2.73. The minimum atomic E-state index is -0.726. The van der Waals surface area contributed by atoms with Crippen molar-refractivity contribution in [3.05, 3.63) is 82.2 Å². The first-order valence-corrected chi connectivity index (χ1v) is 8.53. The zero-order chi connectivity index (χ0) is 18.5. The van der Waals surface area contributed by atoms with Crippen LogP contribution in [0, 0.1) is 5.95 Å². The van der Waals surface area contributed by atoms with Gasteiger partial charge in [0, 0.05) is 11.0 Å². The lowest BCUT2D eigenvalue weighted by molar-refractivity contribution is 0.0951. The molecule has 0 saturated carbocycles. The van der Waals surface area contributed by atoms with Gasteiger partial charge < -0.3 is 15.8 Å². The average molecular weight is 416 g/mol. The van der Waals surface area contributed by atoms with Gasteiger partial charge in [-0.3, -0.25) is 4.79 Å². The number of carbonyl (C=O) groups is 1. The fraction of sp³-hybridized carbons (Fsp3) is 0.0526. The molecule has 3 aromatic rings. The number of ether oxygens (including phenoxy) is 1. The fourth-order valence-electron chi connectivity index (χ4n) is 2.31. The van der Waals surface area contributed by atoms with Gasteiger partial charge in [-0.15, -0.1) is 0 Å². The predicted molar refractivity (Wildman–Crippen MR) is 100 cm³/mol. The smallest absolute Gasteiger partial charge is 0.255 e. The standard InChI is InChI=1S/C19H15BrFN3O2/c20-13-4-2-6-15(10-13)26-14-5-1-3-12(9-14)11-23-19(25)16-7-8-17(21)24-18(16)22/h1-10H,11H2,(H2,22,24)(H,23,25). The highest BCUT2D eigenvalue weighted by atomic mass is 79.9. The summed E-state index contributed by atoms with van der Waals surface area (Å²) in [6.45, 7) is 0.269. The highest BCUT2D eigenvalue weighted by molar-refractivity contribution is 9.10. The van der Waals surface area contributed by atoms with Crippen LogP contribution in [0.1, 0.15) is 15.9 Å². The molecule has 0 spiro atoms. The van der Waals surface area contributed by atoms with E-state index in [9.17, 15) is 9.18 Å². The van der Waals surface area contributed by atoms with E-state index in [1.165, 1.54) is 6.07 Å². The molecule has 132 valence electrons. The molecule has 3 N–H and O–H groups in total. The predicted octanol–water partition coefficient (Wildman–Crippen LogP) is 4.29. The highest BCUT2D eigenvalue weighted by Gasteiger charge is 2.11. The van der Waals surface area contributed by atoms with Crippen LogP contribution in [0.25, 0.3) is 0 Å². The van der Waals surface area contributed by atoms with Crippen molar-refractivity contribution in [1.29, 1.82) is 0 Å². The number of nitrogen functional groups attached to an aromatic ring is 1. The Morgan fingerprint density at radius 2 is 1.85 bits per heavy atom. The molecule has 0 bridgehead atoms. The van der Waals surface area contributed by atoms with Crippen LogP contribution in [0.5, 0.6) is 11.5 Å². The van der Waals surface area contributed by atoms with Gasteiger partial charge >= 0.3 is 0 Å². The molecule has 0 fully saturated rings. The molecule has 7 heteroatoms. The summed E-state index contributed by atoms with van der Waals surface area (Å²) in [7, 11) is 0. The molecule has 0 radical (unpaired) electrons. The maximum atomic E-state index is 13.0. The van der Waals surface area contributed by atoms with Crippen molar-refractivity contribution in [3.63, 3.8) is 0 Å². The molecule has 0 unspecified atom stereocenters. The number of carbonyl (C=O) groups excluding carboxylic acids is 1. The fourth-order valence-corrected chi connectivity index (χ4v) is 2.68. The first-order chi connectivity index (χ1) is 12.5. The van der Waals surface area contributed by atoms with E-state index in [0.29, 0.717) is 11.5 Å². The van der Waals surface area contributed by atoms with Crippen LogP contribution in [0.2, 0.25) is 0 Å². The summed E-state index contributed by atoms with van der Waals surface area (Å²) in [5.41, 5.74) is 6.56. The van der Waals surface area contributed by atoms with E-state index in [4.69, 9.17) is 10.5 Å². The summed E-state index contributed by atoms with van der Waals surface area (Å²) in [6, 6.07) is 17.3. The summed E-state index contributed by atoms with van der Waals surface area (Å²) < 4.78 is 19.7. The summed E-state index contributed by atoms with van der Waals surface area (Å²) in [6.07, 6.45) is 0. The van der Waals surface area contributed by atoms with E-state index >= 15 is 0 Å². The van der Waals surface area contributed by atoms with Crippen molar-refractivity contribution >= 4 is 27.7 Å². The first-order valence-electron chi connectivity index (χ1n) is 7.74. The largest absolute Gasteiger partial charge is 0.457 e. The molecule has 0 aliphatic heterocycles. The van der Waals surface area contributed by atoms with E-state index in [-0.39, 0.29) is 17.9 Å². The number of nitrogens with zero attached hydrogens (tertiary/aromatic N) is 1. The van der Waals surface area contributed by atoms with E-state index in [1.807, 2.05) is 48.5 Å². The molecule has 2 aromatic carbocycles. The van der Waals surface area contributed by atoms with E-state index in [2.05, 4.69) is 26.2 Å². The number of aromatic nitrogens is 1. The molecule has 0 saturated heterocycles. The van der Waals surface area contributed by atoms with Crippen LogP contribution in [-0.4, -0.2) is 10.9 Å². The Morgan fingerprint density at radius 1 is 1.12 bits per heavy atom. The second-order valence-electron chi connectivity index (χ2n) is 5.46. The van der Waals surface area contributed by atoms with E-state index in [0.717, 1.165) is 16.1 Å². The Balaban J connectivity index is 1.66. The van der Waals surface area contributed by atoms with E-state index in [1.54, 1.807) is 0 Å². The third kappa shape index (κ3) is 4.58. The SMILES string of the molecule is Nc1nc(F)ccc1C(=O)NCc1cccc(Oc2cccc(Br)c2)c1. The molecule has 1 amide bonds. The van der Waals surface area contributed by atoms with Gasteiger partial charge in [0.05, 0.1) is 5.56 Å². The lowest BCUT2D eigenvalue weighted by Gasteiger charge is -2.10. The van der Waals surface area contributed by atoms with Crippen LogP contribution >= 0.6 is 15.9 Å². The zero-order valence-electron chi connectivity index (χ0n) is 13.6. The number of benzene rings is 2. The Bertz CT molecular complexity index is 950. The van der Waals surface area contributed by atoms with Gasteiger partial charge in [-0.25, -0.2) is 4.98 Å².